The predicted molar refractivity (Wildman–Crippen MR) is 61.0 cm³/mol. The van der Waals surface area contributed by atoms with Gasteiger partial charge in [-0.05, 0) is 12.1 Å². The summed E-state index contributed by atoms with van der Waals surface area (Å²) < 4.78 is 32.9. The van der Waals surface area contributed by atoms with E-state index in [-0.39, 0.29) is 22.6 Å². The lowest BCUT2D eigenvalue weighted by molar-refractivity contribution is -0.384. The maximum atomic E-state index is 11.7. The summed E-state index contributed by atoms with van der Waals surface area (Å²) in [5.74, 6) is 0. The van der Waals surface area contributed by atoms with Crippen molar-refractivity contribution in [3.8, 4) is 0 Å². The lowest BCUT2D eigenvalue weighted by Gasteiger charge is -2.04. The molecule has 1 aliphatic rings. The zero-order valence-electron chi connectivity index (χ0n) is 8.91. The molecule has 9 heteroatoms. The minimum absolute atomic E-state index is 0.0985. The van der Waals surface area contributed by atoms with Crippen LogP contribution in [0.1, 0.15) is 0 Å². The van der Waals surface area contributed by atoms with Gasteiger partial charge in [0.1, 0.15) is 16.0 Å². The quantitative estimate of drug-likeness (QED) is 0.352. The highest BCUT2D eigenvalue weighted by Crippen LogP contribution is 2.28. The summed E-state index contributed by atoms with van der Waals surface area (Å²) in [6.45, 7) is 0.356. The number of rotatable bonds is 5. The number of benzene rings is 1. The summed E-state index contributed by atoms with van der Waals surface area (Å²) in [6.07, 6.45) is -0.220. The molecule has 0 bridgehead atoms. The zero-order chi connectivity index (χ0) is 13.3. The van der Waals surface area contributed by atoms with Gasteiger partial charge in [0.2, 0.25) is 0 Å². The van der Waals surface area contributed by atoms with Crippen LogP contribution in [0.4, 0.5) is 5.69 Å². The molecule has 0 amide bonds. The topological polar surface area (TPSA) is 99.0 Å². The first kappa shape index (κ1) is 13.2. The predicted octanol–water partition coefficient (Wildman–Crippen LogP) is 1.35. The third-order valence-electron chi connectivity index (χ3n) is 2.21. The molecule has 1 aliphatic heterocycles. The highest BCUT2D eigenvalue weighted by molar-refractivity contribution is 7.86. The number of hydrogen-bond acceptors (Lipinski definition) is 6. The highest BCUT2D eigenvalue weighted by atomic mass is 35.5. The van der Waals surface area contributed by atoms with Gasteiger partial charge in [0.15, 0.2) is 0 Å². The Balaban J connectivity index is 2.25. The first-order valence-electron chi connectivity index (χ1n) is 4.85. The van der Waals surface area contributed by atoms with E-state index in [1.165, 1.54) is 0 Å². The van der Waals surface area contributed by atoms with E-state index in [0.717, 1.165) is 18.2 Å². The second-order valence-corrected chi connectivity index (χ2v) is 5.59. The summed E-state index contributed by atoms with van der Waals surface area (Å²) in [5.41, 5.74) is -0.482. The third kappa shape index (κ3) is 2.96. The van der Waals surface area contributed by atoms with Gasteiger partial charge in [-0.3, -0.25) is 14.3 Å². The summed E-state index contributed by atoms with van der Waals surface area (Å²) in [5, 5.41) is 10.5. The van der Waals surface area contributed by atoms with Crippen molar-refractivity contribution in [3.63, 3.8) is 0 Å². The molecule has 18 heavy (non-hydrogen) atoms. The van der Waals surface area contributed by atoms with Crippen molar-refractivity contribution in [3.05, 3.63) is 33.3 Å². The van der Waals surface area contributed by atoms with E-state index in [1.807, 2.05) is 0 Å². The molecule has 2 rings (SSSR count). The van der Waals surface area contributed by atoms with Gasteiger partial charge in [-0.1, -0.05) is 11.6 Å². The second kappa shape index (κ2) is 4.81. The molecule has 0 spiro atoms. The van der Waals surface area contributed by atoms with Gasteiger partial charge >= 0.3 is 0 Å². The van der Waals surface area contributed by atoms with Gasteiger partial charge in [-0.25, -0.2) is 0 Å². The number of nitro benzene ring substituents is 1. The second-order valence-electron chi connectivity index (χ2n) is 3.56. The SMILES string of the molecule is O=[N+]([O-])c1cc(S(=O)(=O)OC[C@@H]2CO2)ccc1Cl. The van der Waals surface area contributed by atoms with Gasteiger partial charge in [-0.15, -0.1) is 0 Å². The zero-order valence-corrected chi connectivity index (χ0v) is 10.5. The van der Waals surface area contributed by atoms with E-state index in [9.17, 15) is 18.5 Å². The summed E-state index contributed by atoms with van der Waals surface area (Å²) in [4.78, 5) is 9.58. The van der Waals surface area contributed by atoms with Crippen LogP contribution in [0.15, 0.2) is 23.1 Å². The molecule has 1 aromatic carbocycles. The molecule has 1 atom stereocenters. The normalized spacial score (nSPS) is 18.6. The molecule has 0 aliphatic carbocycles. The van der Waals surface area contributed by atoms with Gasteiger partial charge in [0.05, 0.1) is 18.1 Å². The smallest absolute Gasteiger partial charge is 0.297 e. The fourth-order valence-corrected chi connectivity index (χ4v) is 2.33. The first-order valence-corrected chi connectivity index (χ1v) is 6.64. The fraction of sp³-hybridized carbons (Fsp3) is 0.333. The third-order valence-corrected chi connectivity index (χ3v) is 3.81. The number of halogens is 1. The average molecular weight is 294 g/mol. The first-order chi connectivity index (χ1) is 8.40. The molecule has 0 unspecified atom stereocenters. The van der Waals surface area contributed by atoms with E-state index in [2.05, 4.69) is 0 Å². The molecule has 98 valence electrons. The van der Waals surface area contributed by atoms with E-state index in [1.54, 1.807) is 0 Å². The van der Waals surface area contributed by atoms with Crippen LogP contribution in [0.5, 0.6) is 0 Å². The minimum atomic E-state index is -4.03. The Kier molecular flexibility index (Phi) is 3.53. The Morgan fingerprint density at radius 3 is 2.78 bits per heavy atom. The van der Waals surface area contributed by atoms with Crippen molar-refractivity contribution in [1.82, 2.24) is 0 Å². The van der Waals surface area contributed by atoms with Crippen molar-refractivity contribution in [2.75, 3.05) is 13.2 Å². The number of nitrogens with zero attached hydrogens (tertiary/aromatic N) is 1. The summed E-state index contributed by atoms with van der Waals surface area (Å²) in [7, 11) is -4.03. The van der Waals surface area contributed by atoms with Crippen LogP contribution in [-0.4, -0.2) is 32.7 Å². The van der Waals surface area contributed by atoms with Crippen molar-refractivity contribution in [1.29, 1.82) is 0 Å². The van der Waals surface area contributed by atoms with E-state index in [4.69, 9.17) is 20.5 Å². The molecular formula is C9H8ClNO6S. The molecule has 1 heterocycles. The van der Waals surface area contributed by atoms with Crippen LogP contribution in [0, 0.1) is 10.1 Å². The highest BCUT2D eigenvalue weighted by Gasteiger charge is 2.27. The molecule has 1 fully saturated rings. The van der Waals surface area contributed by atoms with Crippen LogP contribution < -0.4 is 0 Å². The van der Waals surface area contributed by atoms with Crippen LogP contribution in [0.3, 0.4) is 0 Å². The summed E-state index contributed by atoms with van der Waals surface area (Å²) in [6, 6.07) is 3.16. The Labute approximate surface area is 108 Å². The standard InChI is InChI=1S/C9H8ClNO6S/c10-8-2-1-7(3-9(8)11(12)13)18(14,15)17-5-6-4-16-6/h1-3,6H,4-5H2/t6-/m0/s1. The van der Waals surface area contributed by atoms with Crippen LogP contribution in [-0.2, 0) is 19.0 Å². The Bertz CT molecular complexity index is 583. The summed E-state index contributed by atoms with van der Waals surface area (Å²) >= 11 is 5.58. The fourth-order valence-electron chi connectivity index (χ4n) is 1.19. The monoisotopic (exact) mass is 293 g/mol. The maximum absolute atomic E-state index is 11.7. The van der Waals surface area contributed by atoms with Crippen molar-refractivity contribution in [2.45, 2.75) is 11.0 Å². The molecule has 0 radical (unpaired) electrons. The van der Waals surface area contributed by atoms with Crippen LogP contribution in [0.2, 0.25) is 5.02 Å². The van der Waals surface area contributed by atoms with Crippen LogP contribution in [0.25, 0.3) is 0 Å². The van der Waals surface area contributed by atoms with Gasteiger partial charge < -0.3 is 4.74 Å². The van der Waals surface area contributed by atoms with Crippen molar-refractivity contribution < 1.29 is 22.3 Å². The van der Waals surface area contributed by atoms with Gasteiger partial charge in [0, 0.05) is 6.07 Å². The van der Waals surface area contributed by atoms with Crippen LogP contribution >= 0.6 is 11.6 Å². The number of nitro groups is 1. The molecular weight excluding hydrogens is 286 g/mol. The molecule has 0 aromatic heterocycles. The lowest BCUT2D eigenvalue weighted by atomic mass is 10.3. The van der Waals surface area contributed by atoms with E-state index in [0.29, 0.717) is 6.61 Å². The molecule has 1 saturated heterocycles. The Morgan fingerprint density at radius 1 is 1.56 bits per heavy atom. The number of ether oxygens (including phenoxy) is 1. The largest absolute Gasteiger partial charge is 0.371 e. The van der Waals surface area contributed by atoms with Gasteiger partial charge in [-0.2, -0.15) is 8.42 Å². The molecule has 7 nitrogen and oxygen atoms in total. The average Bonchev–Trinajstić information content (AvgIpc) is 3.10. The minimum Gasteiger partial charge on any atom is -0.371 e. The van der Waals surface area contributed by atoms with E-state index >= 15 is 0 Å². The Hall–Kier alpha value is -1.22. The number of epoxide rings is 1. The van der Waals surface area contributed by atoms with Crippen molar-refractivity contribution in [2.24, 2.45) is 0 Å². The van der Waals surface area contributed by atoms with E-state index < -0.39 is 20.7 Å². The Morgan fingerprint density at radius 2 is 2.22 bits per heavy atom. The number of hydrogen-bond donors (Lipinski definition) is 0. The lowest BCUT2D eigenvalue weighted by Crippen LogP contribution is -2.11. The molecule has 0 saturated carbocycles. The maximum Gasteiger partial charge on any atom is 0.297 e. The van der Waals surface area contributed by atoms with Crippen molar-refractivity contribution >= 4 is 27.4 Å². The molecule has 1 aromatic rings. The van der Waals surface area contributed by atoms with Gasteiger partial charge in [0.25, 0.3) is 15.8 Å². The molecule has 0 N–H and O–H groups in total.